The predicted octanol–water partition coefficient (Wildman–Crippen LogP) is 4.93. The van der Waals surface area contributed by atoms with Crippen molar-refractivity contribution < 1.29 is 4.79 Å². The first kappa shape index (κ1) is 18.1. The number of amides is 1. The van der Waals surface area contributed by atoms with Crippen LogP contribution in [0.15, 0.2) is 73.1 Å². The van der Waals surface area contributed by atoms with E-state index in [1.54, 1.807) is 12.3 Å². The van der Waals surface area contributed by atoms with Crippen LogP contribution in [0.2, 0.25) is 5.02 Å². The molecule has 2 aromatic heterocycles. The Hall–Kier alpha value is -3.31. The highest BCUT2D eigenvalue weighted by Gasteiger charge is 2.08. The molecule has 0 fully saturated rings. The molecule has 0 unspecified atom stereocenters. The number of anilines is 2. The molecule has 28 heavy (non-hydrogen) atoms. The van der Waals surface area contributed by atoms with Gasteiger partial charge in [0.15, 0.2) is 0 Å². The molecule has 0 aliphatic heterocycles. The average molecular weight is 391 g/mol. The lowest BCUT2D eigenvalue weighted by atomic mass is 10.1. The van der Waals surface area contributed by atoms with Crippen LogP contribution in [0, 0.1) is 0 Å². The van der Waals surface area contributed by atoms with Gasteiger partial charge in [0.1, 0.15) is 5.69 Å². The lowest BCUT2D eigenvalue weighted by Crippen LogP contribution is -2.26. The number of rotatable bonds is 6. The van der Waals surface area contributed by atoms with Gasteiger partial charge < -0.3 is 15.6 Å². The third kappa shape index (κ3) is 4.15. The number of pyridine rings is 1. The molecule has 4 aromatic rings. The van der Waals surface area contributed by atoms with Gasteiger partial charge in [-0.05, 0) is 48.4 Å². The number of H-pyrrole nitrogens is 1. The number of hydrogen-bond acceptors (Lipinski definition) is 3. The first-order valence-electron chi connectivity index (χ1n) is 9.01. The molecule has 0 saturated carbocycles. The van der Waals surface area contributed by atoms with E-state index in [4.69, 9.17) is 11.6 Å². The second-order valence-corrected chi connectivity index (χ2v) is 6.87. The third-order valence-electron chi connectivity index (χ3n) is 4.46. The molecule has 0 aliphatic carbocycles. The van der Waals surface area contributed by atoms with Crippen molar-refractivity contribution in [2.24, 2.45) is 0 Å². The Morgan fingerprint density at radius 1 is 1.04 bits per heavy atom. The number of halogens is 1. The number of nitrogens with one attached hydrogen (secondary N) is 3. The highest BCUT2D eigenvalue weighted by molar-refractivity contribution is 6.30. The zero-order chi connectivity index (χ0) is 19.3. The summed E-state index contributed by atoms with van der Waals surface area (Å²) in [5, 5.41) is 7.98. The number of benzene rings is 2. The molecule has 0 aliphatic rings. The van der Waals surface area contributed by atoms with Crippen LogP contribution in [0.4, 0.5) is 11.4 Å². The second kappa shape index (κ2) is 8.15. The van der Waals surface area contributed by atoms with Crippen LogP contribution < -0.4 is 10.6 Å². The molecule has 3 N–H and O–H groups in total. The van der Waals surface area contributed by atoms with Crippen LogP contribution in [-0.2, 0) is 6.42 Å². The number of hydrogen-bond donors (Lipinski definition) is 3. The Bertz CT molecular complexity index is 1100. The van der Waals surface area contributed by atoms with E-state index in [0.29, 0.717) is 17.3 Å². The molecule has 2 aromatic carbocycles. The van der Waals surface area contributed by atoms with Crippen LogP contribution in [0.3, 0.4) is 0 Å². The summed E-state index contributed by atoms with van der Waals surface area (Å²) >= 11 is 5.98. The maximum atomic E-state index is 12.3. The fraction of sp³-hybridized carbons (Fsp3) is 0.0909. The molecule has 0 atom stereocenters. The van der Waals surface area contributed by atoms with Crippen molar-refractivity contribution >= 4 is 39.8 Å². The molecular weight excluding hydrogens is 372 g/mol. The van der Waals surface area contributed by atoms with Gasteiger partial charge in [-0.1, -0.05) is 35.9 Å². The normalized spacial score (nSPS) is 10.8. The van der Waals surface area contributed by atoms with E-state index in [-0.39, 0.29) is 5.91 Å². The van der Waals surface area contributed by atoms with Crippen LogP contribution >= 0.6 is 11.6 Å². The van der Waals surface area contributed by atoms with E-state index >= 15 is 0 Å². The highest BCUT2D eigenvalue weighted by Crippen LogP contribution is 2.20. The summed E-state index contributed by atoms with van der Waals surface area (Å²) in [7, 11) is 0. The Labute approximate surface area is 167 Å². The molecule has 0 radical (unpaired) electrons. The summed E-state index contributed by atoms with van der Waals surface area (Å²) in [6, 6.07) is 19.1. The second-order valence-electron chi connectivity index (χ2n) is 6.43. The molecule has 4 rings (SSSR count). The van der Waals surface area contributed by atoms with Crippen LogP contribution in [0.1, 0.15) is 16.1 Å². The van der Waals surface area contributed by atoms with Crippen LogP contribution in [-0.4, -0.2) is 22.4 Å². The summed E-state index contributed by atoms with van der Waals surface area (Å²) in [5.74, 6) is -0.186. The minimum Gasteiger partial charge on any atom is -0.361 e. The third-order valence-corrected chi connectivity index (χ3v) is 4.70. The van der Waals surface area contributed by atoms with Crippen molar-refractivity contribution in [2.75, 3.05) is 11.9 Å². The smallest absolute Gasteiger partial charge is 0.269 e. The first-order valence-corrected chi connectivity index (χ1v) is 9.39. The molecule has 0 bridgehead atoms. The topological polar surface area (TPSA) is 69.8 Å². The Kier molecular flexibility index (Phi) is 5.26. The minimum atomic E-state index is -0.186. The van der Waals surface area contributed by atoms with E-state index in [1.807, 2.05) is 54.7 Å². The van der Waals surface area contributed by atoms with Gasteiger partial charge in [-0.2, -0.15) is 0 Å². The number of carbonyl (C=O) groups is 1. The molecule has 0 saturated heterocycles. The van der Waals surface area contributed by atoms with Crippen LogP contribution in [0.25, 0.3) is 10.9 Å². The zero-order valence-electron chi connectivity index (χ0n) is 15.1. The molecule has 6 heteroatoms. The van der Waals surface area contributed by atoms with Crippen LogP contribution in [0.5, 0.6) is 0 Å². The Balaban J connectivity index is 1.33. The fourth-order valence-electron chi connectivity index (χ4n) is 3.07. The van der Waals surface area contributed by atoms with Gasteiger partial charge >= 0.3 is 0 Å². The minimum absolute atomic E-state index is 0.186. The predicted molar refractivity (Wildman–Crippen MR) is 113 cm³/mol. The van der Waals surface area contributed by atoms with Gasteiger partial charge in [-0.25, -0.2) is 4.98 Å². The summed E-state index contributed by atoms with van der Waals surface area (Å²) in [6.07, 6.45) is 4.38. The first-order chi connectivity index (χ1) is 13.7. The fourth-order valence-corrected chi connectivity index (χ4v) is 3.27. The number of fused-ring (bicyclic) bond motifs is 1. The van der Waals surface area contributed by atoms with Crippen molar-refractivity contribution in [3.63, 3.8) is 0 Å². The molecule has 1 amide bonds. The number of aromatic amines is 1. The van der Waals surface area contributed by atoms with Gasteiger partial charge in [0, 0.05) is 34.4 Å². The molecular formula is C22H19ClN4O. The quantitative estimate of drug-likeness (QED) is 0.437. The monoisotopic (exact) mass is 390 g/mol. The maximum absolute atomic E-state index is 12.3. The van der Waals surface area contributed by atoms with Gasteiger partial charge in [0.25, 0.3) is 5.91 Å². The molecule has 0 spiro atoms. The maximum Gasteiger partial charge on any atom is 0.269 e. The summed E-state index contributed by atoms with van der Waals surface area (Å²) in [6.45, 7) is 0.547. The number of aromatic nitrogens is 2. The van der Waals surface area contributed by atoms with Crippen molar-refractivity contribution in [3.8, 4) is 0 Å². The van der Waals surface area contributed by atoms with Crippen molar-refractivity contribution in [3.05, 3.63) is 89.3 Å². The SMILES string of the molecule is O=C(NCCc1c[nH]c2ccccc12)c1ccc(Nc2cccc(Cl)c2)cn1. The molecule has 5 nitrogen and oxygen atoms in total. The van der Waals surface area contributed by atoms with Gasteiger partial charge in [-0.3, -0.25) is 4.79 Å². The highest BCUT2D eigenvalue weighted by atomic mass is 35.5. The van der Waals surface area contributed by atoms with E-state index in [0.717, 1.165) is 23.3 Å². The van der Waals surface area contributed by atoms with E-state index < -0.39 is 0 Å². The largest absolute Gasteiger partial charge is 0.361 e. The van der Waals surface area contributed by atoms with Gasteiger partial charge in [0.2, 0.25) is 0 Å². The standard InChI is InChI=1S/C22H19ClN4O/c23-16-4-3-5-17(12-16)27-18-8-9-21(26-14-18)22(28)24-11-10-15-13-25-20-7-2-1-6-19(15)20/h1-9,12-14,25,27H,10-11H2,(H,24,28). The zero-order valence-corrected chi connectivity index (χ0v) is 15.8. The number of para-hydroxylation sites is 1. The van der Waals surface area contributed by atoms with Crippen molar-refractivity contribution in [2.45, 2.75) is 6.42 Å². The van der Waals surface area contributed by atoms with Crippen molar-refractivity contribution in [1.29, 1.82) is 0 Å². The van der Waals surface area contributed by atoms with Gasteiger partial charge in [0.05, 0.1) is 11.9 Å². The lowest BCUT2D eigenvalue weighted by molar-refractivity contribution is 0.0949. The number of carbonyl (C=O) groups excluding carboxylic acids is 1. The lowest BCUT2D eigenvalue weighted by Gasteiger charge is -2.08. The summed E-state index contributed by atoms with van der Waals surface area (Å²) in [4.78, 5) is 19.8. The molecule has 140 valence electrons. The van der Waals surface area contributed by atoms with E-state index in [9.17, 15) is 4.79 Å². The Morgan fingerprint density at radius 2 is 1.93 bits per heavy atom. The van der Waals surface area contributed by atoms with Crippen molar-refractivity contribution in [1.82, 2.24) is 15.3 Å². The number of nitrogens with zero attached hydrogens (tertiary/aromatic N) is 1. The summed E-state index contributed by atoms with van der Waals surface area (Å²) in [5.41, 5.74) is 4.33. The van der Waals surface area contributed by atoms with E-state index in [1.165, 1.54) is 10.9 Å². The van der Waals surface area contributed by atoms with Gasteiger partial charge in [-0.15, -0.1) is 0 Å². The average Bonchev–Trinajstić information content (AvgIpc) is 3.12. The molecule has 2 heterocycles. The summed E-state index contributed by atoms with van der Waals surface area (Å²) < 4.78 is 0. The Morgan fingerprint density at radius 3 is 2.75 bits per heavy atom. The van der Waals surface area contributed by atoms with E-state index in [2.05, 4.69) is 26.7 Å².